The van der Waals surface area contributed by atoms with Gasteiger partial charge in [0, 0.05) is 18.7 Å². The fourth-order valence-corrected chi connectivity index (χ4v) is 5.35. The molecule has 1 heterocycles. The van der Waals surface area contributed by atoms with Gasteiger partial charge in [-0.2, -0.15) is 0 Å². The molecule has 1 saturated heterocycles. The van der Waals surface area contributed by atoms with Crippen LogP contribution in [-0.2, 0) is 17.6 Å². The first-order chi connectivity index (χ1) is 16.1. The predicted octanol–water partition coefficient (Wildman–Crippen LogP) is 5.17. The van der Waals surface area contributed by atoms with E-state index in [9.17, 15) is 9.59 Å². The smallest absolute Gasteiger partial charge is 0.251 e. The topological polar surface area (TPSA) is 49.4 Å². The summed E-state index contributed by atoms with van der Waals surface area (Å²) in [6, 6.07) is 26.4. The van der Waals surface area contributed by atoms with Crippen LogP contribution < -0.4 is 5.32 Å². The average Bonchev–Trinajstić information content (AvgIpc) is 3.21. The first-order valence-electron chi connectivity index (χ1n) is 11.5. The van der Waals surface area contributed by atoms with Crippen LogP contribution in [0.2, 0.25) is 0 Å². The van der Waals surface area contributed by atoms with Crippen molar-refractivity contribution in [2.24, 2.45) is 0 Å². The highest BCUT2D eigenvalue weighted by Crippen LogP contribution is 2.38. The highest BCUT2D eigenvalue weighted by atomic mass is 32.2. The lowest BCUT2D eigenvalue weighted by Crippen LogP contribution is -2.30. The SMILES string of the molecule is Cc1cccc(CCCNC(=O)c2ccc([C@@H]3SCC(=O)N3CCc3ccccc3)cc2)c1. The van der Waals surface area contributed by atoms with E-state index < -0.39 is 0 Å². The van der Waals surface area contributed by atoms with Crippen molar-refractivity contribution in [2.75, 3.05) is 18.8 Å². The van der Waals surface area contributed by atoms with Crippen molar-refractivity contribution in [1.82, 2.24) is 10.2 Å². The Kier molecular flexibility index (Phi) is 7.84. The van der Waals surface area contributed by atoms with E-state index in [1.165, 1.54) is 16.7 Å². The Labute approximate surface area is 200 Å². The lowest BCUT2D eigenvalue weighted by atomic mass is 10.1. The van der Waals surface area contributed by atoms with Crippen LogP contribution in [0.15, 0.2) is 78.9 Å². The van der Waals surface area contributed by atoms with Crippen LogP contribution in [0.25, 0.3) is 0 Å². The molecular formula is C28H30N2O2S. The van der Waals surface area contributed by atoms with Gasteiger partial charge in [-0.05, 0) is 55.0 Å². The normalized spacial score (nSPS) is 15.6. The van der Waals surface area contributed by atoms with Crippen molar-refractivity contribution in [2.45, 2.75) is 31.6 Å². The third kappa shape index (κ3) is 6.26. The van der Waals surface area contributed by atoms with Gasteiger partial charge in [0.05, 0.1) is 5.75 Å². The highest BCUT2D eigenvalue weighted by Gasteiger charge is 2.32. The fourth-order valence-electron chi connectivity index (χ4n) is 4.13. The zero-order chi connectivity index (χ0) is 23.0. The summed E-state index contributed by atoms with van der Waals surface area (Å²) in [6.07, 6.45) is 2.70. The molecule has 0 saturated carbocycles. The maximum Gasteiger partial charge on any atom is 0.251 e. The van der Waals surface area contributed by atoms with Crippen molar-refractivity contribution in [3.63, 3.8) is 0 Å². The monoisotopic (exact) mass is 458 g/mol. The largest absolute Gasteiger partial charge is 0.352 e. The molecule has 0 aromatic heterocycles. The summed E-state index contributed by atoms with van der Waals surface area (Å²) in [5.41, 5.74) is 5.51. The van der Waals surface area contributed by atoms with E-state index in [2.05, 4.69) is 48.6 Å². The Hall–Kier alpha value is -3.05. The molecule has 1 N–H and O–H groups in total. The van der Waals surface area contributed by atoms with Gasteiger partial charge in [-0.1, -0.05) is 72.3 Å². The molecule has 5 heteroatoms. The molecular weight excluding hydrogens is 428 g/mol. The van der Waals surface area contributed by atoms with Crippen molar-refractivity contribution < 1.29 is 9.59 Å². The van der Waals surface area contributed by atoms with Gasteiger partial charge in [-0.3, -0.25) is 9.59 Å². The van der Waals surface area contributed by atoms with Crippen LogP contribution in [-0.4, -0.2) is 35.6 Å². The number of amides is 2. The number of aryl methyl sites for hydroxylation is 2. The van der Waals surface area contributed by atoms with E-state index in [-0.39, 0.29) is 17.2 Å². The standard InChI is InChI=1S/C28H30N2O2S/c1-21-7-5-10-23(19-21)11-6-17-29-27(32)24-12-14-25(15-13-24)28-30(26(31)20-33-28)18-16-22-8-3-2-4-9-22/h2-5,7-10,12-15,19,28H,6,11,16-18,20H2,1H3,(H,29,32)/t28-/m0/s1. The second kappa shape index (κ2) is 11.2. The number of carbonyl (C=O) groups is 2. The van der Waals surface area contributed by atoms with Crippen molar-refractivity contribution >= 4 is 23.6 Å². The molecule has 0 bridgehead atoms. The lowest BCUT2D eigenvalue weighted by molar-refractivity contribution is -0.128. The van der Waals surface area contributed by atoms with E-state index in [0.717, 1.165) is 24.8 Å². The molecule has 170 valence electrons. The second-order valence-electron chi connectivity index (χ2n) is 8.46. The quantitative estimate of drug-likeness (QED) is 0.450. The van der Waals surface area contributed by atoms with Crippen LogP contribution in [0.5, 0.6) is 0 Å². The Bertz CT molecular complexity index is 1080. The van der Waals surface area contributed by atoms with E-state index in [1.54, 1.807) is 11.8 Å². The predicted molar refractivity (Wildman–Crippen MR) is 135 cm³/mol. The molecule has 3 aromatic carbocycles. The third-order valence-corrected chi connectivity index (χ3v) is 7.18. The maximum atomic E-state index is 12.5. The van der Waals surface area contributed by atoms with Gasteiger partial charge in [-0.25, -0.2) is 0 Å². The third-order valence-electron chi connectivity index (χ3n) is 5.92. The Morgan fingerprint density at radius 1 is 0.970 bits per heavy atom. The van der Waals surface area contributed by atoms with Crippen molar-refractivity contribution in [3.8, 4) is 0 Å². The molecule has 3 aromatic rings. The Morgan fingerprint density at radius 3 is 2.48 bits per heavy atom. The molecule has 0 spiro atoms. The number of rotatable bonds is 9. The van der Waals surface area contributed by atoms with E-state index >= 15 is 0 Å². The number of benzene rings is 3. The second-order valence-corrected chi connectivity index (χ2v) is 9.53. The van der Waals surface area contributed by atoms with Crippen LogP contribution in [0.1, 0.15) is 44.4 Å². The lowest BCUT2D eigenvalue weighted by Gasteiger charge is -2.24. The van der Waals surface area contributed by atoms with Gasteiger partial charge < -0.3 is 10.2 Å². The molecule has 0 unspecified atom stereocenters. The van der Waals surface area contributed by atoms with Gasteiger partial charge in [0.15, 0.2) is 0 Å². The van der Waals surface area contributed by atoms with E-state index in [0.29, 0.717) is 24.4 Å². The van der Waals surface area contributed by atoms with Gasteiger partial charge in [0.1, 0.15) is 5.37 Å². The summed E-state index contributed by atoms with van der Waals surface area (Å²) in [6.45, 7) is 3.44. The Balaban J connectivity index is 1.29. The molecule has 1 aliphatic heterocycles. The molecule has 4 nitrogen and oxygen atoms in total. The molecule has 4 rings (SSSR count). The van der Waals surface area contributed by atoms with Crippen LogP contribution in [0, 0.1) is 6.92 Å². The summed E-state index contributed by atoms with van der Waals surface area (Å²) in [5, 5.41) is 3.03. The summed E-state index contributed by atoms with van der Waals surface area (Å²) in [4.78, 5) is 27.0. The summed E-state index contributed by atoms with van der Waals surface area (Å²) in [5.74, 6) is 0.626. The van der Waals surface area contributed by atoms with E-state index in [4.69, 9.17) is 0 Å². The summed E-state index contributed by atoms with van der Waals surface area (Å²) < 4.78 is 0. The van der Waals surface area contributed by atoms with Gasteiger partial charge in [0.2, 0.25) is 5.91 Å². The number of thioether (sulfide) groups is 1. The molecule has 1 atom stereocenters. The molecule has 2 amide bonds. The minimum atomic E-state index is -0.0538. The van der Waals surface area contributed by atoms with Gasteiger partial charge in [0.25, 0.3) is 5.91 Å². The highest BCUT2D eigenvalue weighted by molar-refractivity contribution is 8.00. The maximum absolute atomic E-state index is 12.5. The first kappa shape index (κ1) is 23.1. The zero-order valence-corrected chi connectivity index (χ0v) is 19.8. The van der Waals surface area contributed by atoms with Crippen molar-refractivity contribution in [1.29, 1.82) is 0 Å². The molecule has 1 aliphatic rings. The average molecular weight is 459 g/mol. The first-order valence-corrected chi connectivity index (χ1v) is 12.5. The molecule has 0 radical (unpaired) electrons. The minimum absolute atomic E-state index is 0.00709. The molecule has 1 fully saturated rings. The van der Waals surface area contributed by atoms with Crippen molar-refractivity contribution in [3.05, 3.63) is 107 Å². The zero-order valence-electron chi connectivity index (χ0n) is 19.0. The number of nitrogens with one attached hydrogen (secondary N) is 1. The number of nitrogens with zero attached hydrogens (tertiary/aromatic N) is 1. The fraction of sp³-hybridized carbons (Fsp3) is 0.286. The number of carbonyl (C=O) groups excluding carboxylic acids is 2. The molecule has 33 heavy (non-hydrogen) atoms. The Morgan fingerprint density at radius 2 is 1.73 bits per heavy atom. The summed E-state index contributed by atoms with van der Waals surface area (Å²) >= 11 is 1.65. The molecule has 0 aliphatic carbocycles. The van der Waals surface area contributed by atoms with Crippen LogP contribution in [0.4, 0.5) is 0 Å². The number of hydrogen-bond acceptors (Lipinski definition) is 3. The van der Waals surface area contributed by atoms with Gasteiger partial charge in [-0.15, -0.1) is 11.8 Å². The summed E-state index contributed by atoms with van der Waals surface area (Å²) in [7, 11) is 0. The van der Waals surface area contributed by atoms with E-state index in [1.807, 2.05) is 47.4 Å². The van der Waals surface area contributed by atoms with Crippen LogP contribution in [0.3, 0.4) is 0 Å². The number of hydrogen-bond donors (Lipinski definition) is 1. The van der Waals surface area contributed by atoms with Gasteiger partial charge >= 0.3 is 0 Å². The van der Waals surface area contributed by atoms with Crippen LogP contribution >= 0.6 is 11.8 Å². The minimum Gasteiger partial charge on any atom is -0.352 e.